The molecule has 6 nitrogen and oxygen atoms in total. The van der Waals surface area contributed by atoms with Crippen LogP contribution in [0.15, 0.2) is 87.3 Å². The summed E-state index contributed by atoms with van der Waals surface area (Å²) in [6.45, 7) is 2.68. The minimum absolute atomic E-state index is 0.185. The maximum atomic E-state index is 13.4. The van der Waals surface area contributed by atoms with Crippen LogP contribution in [0.3, 0.4) is 0 Å². The maximum Gasteiger partial charge on any atom is 0.282 e. The van der Waals surface area contributed by atoms with E-state index in [0.717, 1.165) is 39.3 Å². The molecular formula is C29H24BrN5O. The van der Waals surface area contributed by atoms with Gasteiger partial charge in [0.1, 0.15) is 5.82 Å². The van der Waals surface area contributed by atoms with Gasteiger partial charge in [0.05, 0.1) is 28.8 Å². The molecule has 36 heavy (non-hydrogen) atoms. The largest absolute Gasteiger partial charge is 0.342 e. The van der Waals surface area contributed by atoms with Crippen molar-refractivity contribution in [1.82, 2.24) is 14.2 Å². The molecule has 0 bridgehead atoms. The van der Waals surface area contributed by atoms with Crippen molar-refractivity contribution in [3.63, 3.8) is 0 Å². The molecule has 3 aromatic carbocycles. The van der Waals surface area contributed by atoms with Crippen LogP contribution in [0.2, 0.25) is 0 Å². The molecule has 0 saturated carbocycles. The molecule has 0 aliphatic heterocycles. The second-order valence-corrected chi connectivity index (χ2v) is 9.57. The zero-order chi connectivity index (χ0) is 25.1. The first kappa shape index (κ1) is 23.7. The molecule has 178 valence electrons. The predicted octanol–water partition coefficient (Wildman–Crippen LogP) is 6.26. The van der Waals surface area contributed by atoms with E-state index in [2.05, 4.69) is 44.7 Å². The van der Waals surface area contributed by atoms with Gasteiger partial charge in [-0.2, -0.15) is 15.0 Å². The quantitative estimate of drug-likeness (QED) is 0.230. The fraction of sp³-hybridized carbons (Fsp3) is 0.172. The Morgan fingerprint density at radius 3 is 2.72 bits per heavy atom. The zero-order valence-electron chi connectivity index (χ0n) is 19.9. The van der Waals surface area contributed by atoms with E-state index >= 15 is 0 Å². The molecule has 0 aliphatic carbocycles. The average molecular weight is 538 g/mol. The number of nitriles is 1. The second kappa shape index (κ2) is 10.3. The Morgan fingerprint density at radius 1 is 1.08 bits per heavy atom. The SMILES string of the molecule is CCCCc1nc2ccc(Br)cc2c(=O)n1N=Cc1cn(Cc2ccccc2C#N)c2ccccc12. The molecule has 0 spiro atoms. The monoisotopic (exact) mass is 537 g/mol. The molecule has 0 N–H and O–H groups in total. The number of halogens is 1. The lowest BCUT2D eigenvalue weighted by atomic mass is 10.1. The minimum Gasteiger partial charge on any atom is -0.342 e. The van der Waals surface area contributed by atoms with Crippen molar-refractivity contribution in [2.45, 2.75) is 32.7 Å². The van der Waals surface area contributed by atoms with E-state index in [1.165, 1.54) is 4.68 Å². The van der Waals surface area contributed by atoms with Crippen molar-refractivity contribution < 1.29 is 0 Å². The maximum absolute atomic E-state index is 13.4. The Labute approximate surface area is 217 Å². The van der Waals surface area contributed by atoms with Crippen LogP contribution in [0.25, 0.3) is 21.8 Å². The summed E-state index contributed by atoms with van der Waals surface area (Å²) >= 11 is 3.46. The third-order valence-corrected chi connectivity index (χ3v) is 6.73. The lowest BCUT2D eigenvalue weighted by Crippen LogP contribution is -2.22. The minimum atomic E-state index is -0.185. The lowest BCUT2D eigenvalue weighted by molar-refractivity contribution is 0.675. The molecule has 5 aromatic rings. The van der Waals surface area contributed by atoms with Gasteiger partial charge in [0, 0.05) is 40.1 Å². The fourth-order valence-electron chi connectivity index (χ4n) is 4.39. The summed E-state index contributed by atoms with van der Waals surface area (Å²) in [4.78, 5) is 18.2. The zero-order valence-corrected chi connectivity index (χ0v) is 21.4. The standard InChI is InChI=1S/C29H24BrN5O/c1-2-3-12-28-33-26-14-13-23(30)15-25(26)29(36)35(28)32-17-22-19-34(27-11-7-6-10-24(22)27)18-21-9-5-4-8-20(21)16-31/h4-11,13-15,17,19H,2-3,12,18H2,1H3. The van der Waals surface area contributed by atoms with Crippen LogP contribution in [0.5, 0.6) is 0 Å². The van der Waals surface area contributed by atoms with Gasteiger partial charge in [-0.3, -0.25) is 4.79 Å². The Bertz CT molecular complexity index is 1710. The van der Waals surface area contributed by atoms with Crippen molar-refractivity contribution in [3.8, 4) is 6.07 Å². The summed E-state index contributed by atoms with van der Waals surface area (Å²) in [6, 6.07) is 23.5. The molecule has 2 aromatic heterocycles. The number of unbranched alkanes of at least 4 members (excludes halogenated alkanes) is 1. The van der Waals surface area contributed by atoms with E-state index in [1.54, 1.807) is 12.3 Å². The Balaban J connectivity index is 1.60. The van der Waals surface area contributed by atoms with Crippen LogP contribution in [0.1, 0.15) is 42.3 Å². The molecule has 0 atom stereocenters. The van der Waals surface area contributed by atoms with Gasteiger partial charge >= 0.3 is 0 Å². The number of aromatic nitrogens is 3. The number of fused-ring (bicyclic) bond motifs is 2. The highest BCUT2D eigenvalue weighted by Gasteiger charge is 2.13. The highest BCUT2D eigenvalue weighted by Crippen LogP contribution is 2.23. The van der Waals surface area contributed by atoms with Crippen molar-refractivity contribution in [2.75, 3.05) is 0 Å². The van der Waals surface area contributed by atoms with Crippen LogP contribution in [-0.4, -0.2) is 20.4 Å². The number of rotatable bonds is 7. The normalized spacial score (nSPS) is 11.5. The summed E-state index contributed by atoms with van der Waals surface area (Å²) in [6.07, 6.45) is 6.33. The first-order valence-corrected chi connectivity index (χ1v) is 12.7. The molecule has 0 radical (unpaired) electrons. The molecule has 7 heteroatoms. The van der Waals surface area contributed by atoms with E-state index in [4.69, 9.17) is 4.98 Å². The van der Waals surface area contributed by atoms with Crippen molar-refractivity contribution in [2.24, 2.45) is 5.10 Å². The molecule has 2 heterocycles. The fourth-order valence-corrected chi connectivity index (χ4v) is 4.75. The summed E-state index contributed by atoms with van der Waals surface area (Å²) in [5.41, 5.74) is 4.02. The molecule has 0 aliphatic rings. The highest BCUT2D eigenvalue weighted by molar-refractivity contribution is 9.10. The van der Waals surface area contributed by atoms with Crippen molar-refractivity contribution in [3.05, 3.63) is 110 Å². The molecule has 5 rings (SSSR count). The number of benzene rings is 3. The Kier molecular flexibility index (Phi) is 6.79. The van der Waals surface area contributed by atoms with Crippen LogP contribution >= 0.6 is 15.9 Å². The van der Waals surface area contributed by atoms with E-state index < -0.39 is 0 Å². The van der Waals surface area contributed by atoms with E-state index in [1.807, 2.05) is 60.8 Å². The highest BCUT2D eigenvalue weighted by atomic mass is 79.9. The van der Waals surface area contributed by atoms with Gasteiger partial charge < -0.3 is 4.57 Å². The van der Waals surface area contributed by atoms with Gasteiger partial charge in [0.2, 0.25) is 0 Å². The smallest absolute Gasteiger partial charge is 0.282 e. The Morgan fingerprint density at radius 2 is 1.89 bits per heavy atom. The number of para-hydroxylation sites is 1. The number of nitrogens with zero attached hydrogens (tertiary/aromatic N) is 5. The van der Waals surface area contributed by atoms with E-state index in [9.17, 15) is 10.1 Å². The van der Waals surface area contributed by atoms with Crippen molar-refractivity contribution >= 4 is 44.0 Å². The molecule has 0 amide bonds. The number of hydrogen-bond donors (Lipinski definition) is 0. The van der Waals surface area contributed by atoms with Gasteiger partial charge in [0.25, 0.3) is 5.56 Å². The molecule has 0 fully saturated rings. The first-order chi connectivity index (χ1) is 17.6. The molecule has 0 saturated heterocycles. The van der Waals surface area contributed by atoms with Gasteiger partial charge in [-0.05, 0) is 42.3 Å². The average Bonchev–Trinajstić information content (AvgIpc) is 3.25. The number of aryl methyl sites for hydroxylation is 1. The van der Waals surface area contributed by atoms with Gasteiger partial charge in [-0.1, -0.05) is 65.7 Å². The first-order valence-electron chi connectivity index (χ1n) is 11.9. The second-order valence-electron chi connectivity index (χ2n) is 8.65. The summed E-state index contributed by atoms with van der Waals surface area (Å²) < 4.78 is 4.37. The van der Waals surface area contributed by atoms with E-state index in [0.29, 0.717) is 35.3 Å². The molecule has 0 unspecified atom stereocenters. The third kappa shape index (κ3) is 4.60. The van der Waals surface area contributed by atoms with Crippen LogP contribution in [0, 0.1) is 11.3 Å². The summed E-state index contributed by atoms with van der Waals surface area (Å²) in [5.74, 6) is 0.652. The lowest BCUT2D eigenvalue weighted by Gasteiger charge is -2.09. The predicted molar refractivity (Wildman–Crippen MR) is 148 cm³/mol. The topological polar surface area (TPSA) is 76.0 Å². The summed E-state index contributed by atoms with van der Waals surface area (Å²) in [7, 11) is 0. The Hall–Kier alpha value is -4.02. The van der Waals surface area contributed by atoms with Crippen LogP contribution < -0.4 is 5.56 Å². The third-order valence-electron chi connectivity index (χ3n) is 6.24. The van der Waals surface area contributed by atoms with Crippen molar-refractivity contribution in [1.29, 1.82) is 5.26 Å². The van der Waals surface area contributed by atoms with Crippen LogP contribution in [0.4, 0.5) is 0 Å². The van der Waals surface area contributed by atoms with Gasteiger partial charge in [-0.15, -0.1) is 0 Å². The summed E-state index contributed by atoms with van der Waals surface area (Å²) in [5, 5.41) is 15.7. The van der Waals surface area contributed by atoms with Gasteiger partial charge in [0.15, 0.2) is 0 Å². The number of hydrogen-bond acceptors (Lipinski definition) is 4. The van der Waals surface area contributed by atoms with Crippen LogP contribution in [-0.2, 0) is 13.0 Å². The van der Waals surface area contributed by atoms with E-state index in [-0.39, 0.29) is 5.56 Å². The van der Waals surface area contributed by atoms with Gasteiger partial charge in [-0.25, -0.2) is 4.98 Å². The molecular weight excluding hydrogens is 514 g/mol.